The minimum atomic E-state index is -1.04. The maximum atomic E-state index is 13.5. The fourth-order valence-corrected chi connectivity index (χ4v) is 3.61. The summed E-state index contributed by atoms with van der Waals surface area (Å²) in [6, 6.07) is 17.2. The molecule has 0 N–H and O–H groups in total. The average molecular weight is 459 g/mol. The minimum Gasteiger partial charge on any atom is -0.497 e. The number of fused-ring (bicyclic) bond motifs is 1. The number of hydrogen-bond acceptors (Lipinski definition) is 7. The Bertz CT molecular complexity index is 1320. The summed E-state index contributed by atoms with van der Waals surface area (Å²) in [6.45, 7) is -0.719. The van der Waals surface area contributed by atoms with Crippen LogP contribution in [0.5, 0.6) is 5.75 Å². The van der Waals surface area contributed by atoms with E-state index in [0.29, 0.717) is 15.8 Å². The summed E-state index contributed by atoms with van der Waals surface area (Å²) >= 11 is 0. The Labute approximate surface area is 193 Å². The number of imide groups is 1. The monoisotopic (exact) mass is 459 g/mol. The molecule has 0 spiro atoms. The SMILES string of the molecule is COc1cccc(C(=O)CN(C(=O)c2ccccc2[N+](=O)[O-])N2C(=O)c3ccccc3C2=O)c1. The number of ether oxygens (including phenoxy) is 1. The number of carbonyl (C=O) groups excluding carboxylic acids is 4. The highest BCUT2D eigenvalue weighted by atomic mass is 16.6. The van der Waals surface area contributed by atoms with E-state index < -0.39 is 40.7 Å². The standard InChI is InChI=1S/C24H17N3O7/c1-34-16-8-6-7-15(13-16)21(28)14-25(22(29)19-11-4-5-12-20(19)27(32)33)26-23(30)17-9-2-3-10-18(17)24(26)31/h2-13H,14H2,1H3. The Morgan fingerprint density at radius 1 is 0.941 bits per heavy atom. The van der Waals surface area contributed by atoms with Gasteiger partial charge in [-0.3, -0.25) is 29.3 Å². The number of benzene rings is 3. The summed E-state index contributed by atoms with van der Waals surface area (Å²) in [4.78, 5) is 63.5. The van der Waals surface area contributed by atoms with Crippen molar-refractivity contribution in [2.24, 2.45) is 0 Å². The number of ketones is 1. The van der Waals surface area contributed by atoms with E-state index in [1.807, 2.05) is 0 Å². The van der Waals surface area contributed by atoms with Gasteiger partial charge in [0.15, 0.2) is 5.78 Å². The van der Waals surface area contributed by atoms with Crippen LogP contribution in [-0.4, -0.2) is 52.1 Å². The van der Waals surface area contributed by atoms with E-state index in [-0.39, 0.29) is 22.3 Å². The first kappa shape index (κ1) is 22.3. The quantitative estimate of drug-likeness (QED) is 0.230. The lowest BCUT2D eigenvalue weighted by Crippen LogP contribution is -2.51. The Kier molecular flexibility index (Phi) is 5.88. The Balaban J connectivity index is 1.78. The van der Waals surface area contributed by atoms with Gasteiger partial charge in [-0.15, -0.1) is 0 Å². The predicted octanol–water partition coefficient (Wildman–Crippen LogP) is 3.14. The molecule has 170 valence electrons. The second kappa shape index (κ2) is 8.94. The van der Waals surface area contributed by atoms with Crippen LogP contribution in [0.1, 0.15) is 41.4 Å². The molecule has 1 aliphatic heterocycles. The van der Waals surface area contributed by atoms with Crippen molar-refractivity contribution in [2.45, 2.75) is 0 Å². The van der Waals surface area contributed by atoms with Crippen LogP contribution in [0, 0.1) is 10.1 Å². The van der Waals surface area contributed by atoms with Crippen molar-refractivity contribution >= 4 is 29.2 Å². The number of para-hydroxylation sites is 1. The van der Waals surface area contributed by atoms with Crippen LogP contribution in [0.4, 0.5) is 5.69 Å². The van der Waals surface area contributed by atoms with Crippen molar-refractivity contribution in [2.75, 3.05) is 13.7 Å². The smallest absolute Gasteiger partial charge is 0.282 e. The van der Waals surface area contributed by atoms with Crippen LogP contribution in [0.15, 0.2) is 72.8 Å². The van der Waals surface area contributed by atoms with Crippen molar-refractivity contribution in [1.29, 1.82) is 0 Å². The molecule has 0 aliphatic carbocycles. The molecule has 34 heavy (non-hydrogen) atoms. The van der Waals surface area contributed by atoms with Crippen molar-refractivity contribution in [3.05, 3.63) is 105 Å². The summed E-state index contributed by atoms with van der Waals surface area (Å²) in [7, 11) is 1.42. The molecule has 0 saturated carbocycles. The van der Waals surface area contributed by atoms with Gasteiger partial charge in [-0.25, -0.2) is 5.01 Å². The van der Waals surface area contributed by atoms with Crippen molar-refractivity contribution in [1.82, 2.24) is 10.0 Å². The molecule has 0 saturated heterocycles. The molecular weight excluding hydrogens is 442 g/mol. The average Bonchev–Trinajstić information content (AvgIpc) is 3.11. The van der Waals surface area contributed by atoms with E-state index in [4.69, 9.17) is 4.74 Å². The molecule has 0 unspecified atom stereocenters. The molecule has 1 heterocycles. The summed E-state index contributed by atoms with van der Waals surface area (Å²) in [5.41, 5.74) is -0.620. The maximum absolute atomic E-state index is 13.5. The van der Waals surface area contributed by atoms with Gasteiger partial charge in [-0.1, -0.05) is 36.4 Å². The number of Topliss-reactive ketones (excluding diaryl/α,β-unsaturated/α-hetero) is 1. The van der Waals surface area contributed by atoms with Crippen LogP contribution >= 0.6 is 0 Å². The summed E-state index contributed by atoms with van der Waals surface area (Å²) < 4.78 is 5.12. The van der Waals surface area contributed by atoms with Gasteiger partial charge in [-0.05, 0) is 30.3 Å². The van der Waals surface area contributed by atoms with Gasteiger partial charge in [0.05, 0.1) is 23.2 Å². The zero-order valence-electron chi connectivity index (χ0n) is 17.8. The fourth-order valence-electron chi connectivity index (χ4n) is 3.61. The number of carbonyl (C=O) groups is 4. The molecule has 0 bridgehead atoms. The molecule has 10 nitrogen and oxygen atoms in total. The lowest BCUT2D eigenvalue weighted by molar-refractivity contribution is -0.385. The number of nitrogens with zero attached hydrogens (tertiary/aromatic N) is 3. The fraction of sp³-hybridized carbons (Fsp3) is 0.0833. The Morgan fingerprint density at radius 3 is 2.18 bits per heavy atom. The number of rotatable bonds is 7. The van der Waals surface area contributed by atoms with E-state index in [2.05, 4.69) is 0 Å². The number of hydrazine groups is 1. The predicted molar refractivity (Wildman–Crippen MR) is 118 cm³/mol. The summed E-state index contributed by atoms with van der Waals surface area (Å²) in [6.07, 6.45) is 0. The number of nitro benzene ring substituents is 1. The summed E-state index contributed by atoms with van der Waals surface area (Å²) in [5.74, 6) is -2.89. The molecule has 0 atom stereocenters. The van der Waals surface area contributed by atoms with Crippen molar-refractivity contribution in [3.63, 3.8) is 0 Å². The van der Waals surface area contributed by atoms with Crippen LogP contribution in [-0.2, 0) is 0 Å². The number of nitro groups is 1. The molecule has 3 amide bonds. The third-order valence-corrected chi connectivity index (χ3v) is 5.26. The van der Waals surface area contributed by atoms with Gasteiger partial charge in [0, 0.05) is 11.6 Å². The van der Waals surface area contributed by atoms with E-state index in [0.717, 1.165) is 6.07 Å². The highest BCUT2D eigenvalue weighted by molar-refractivity contribution is 6.22. The van der Waals surface area contributed by atoms with E-state index in [1.54, 1.807) is 24.3 Å². The first-order valence-corrected chi connectivity index (χ1v) is 10.0. The normalized spacial score (nSPS) is 12.3. The van der Waals surface area contributed by atoms with Crippen LogP contribution in [0.3, 0.4) is 0 Å². The lowest BCUT2D eigenvalue weighted by atomic mass is 10.1. The molecule has 0 radical (unpaired) electrons. The molecule has 0 aromatic heterocycles. The number of amides is 3. The molecule has 10 heteroatoms. The van der Waals surface area contributed by atoms with Gasteiger partial charge in [0.25, 0.3) is 23.4 Å². The molecule has 4 rings (SSSR count). The van der Waals surface area contributed by atoms with Gasteiger partial charge in [-0.2, -0.15) is 5.01 Å². The summed E-state index contributed by atoms with van der Waals surface area (Å²) in [5, 5.41) is 12.7. The zero-order valence-corrected chi connectivity index (χ0v) is 17.8. The molecule has 3 aromatic rings. The largest absolute Gasteiger partial charge is 0.497 e. The first-order valence-electron chi connectivity index (χ1n) is 10.0. The van der Waals surface area contributed by atoms with Gasteiger partial charge in [0.1, 0.15) is 17.9 Å². The van der Waals surface area contributed by atoms with Gasteiger partial charge in [0.2, 0.25) is 0 Å². The zero-order chi connectivity index (χ0) is 24.4. The Morgan fingerprint density at radius 2 is 1.56 bits per heavy atom. The third-order valence-electron chi connectivity index (χ3n) is 5.26. The number of hydrogen-bond donors (Lipinski definition) is 0. The molecule has 3 aromatic carbocycles. The topological polar surface area (TPSA) is 127 Å². The number of methoxy groups -OCH3 is 1. The van der Waals surface area contributed by atoms with E-state index in [9.17, 15) is 29.3 Å². The highest BCUT2D eigenvalue weighted by Gasteiger charge is 2.43. The molecular formula is C24H17N3O7. The third kappa shape index (κ3) is 3.88. The van der Waals surface area contributed by atoms with E-state index >= 15 is 0 Å². The van der Waals surface area contributed by atoms with E-state index in [1.165, 1.54) is 49.6 Å². The molecule has 0 fully saturated rings. The lowest BCUT2D eigenvalue weighted by Gasteiger charge is -2.29. The van der Waals surface area contributed by atoms with Gasteiger partial charge >= 0.3 is 0 Å². The highest BCUT2D eigenvalue weighted by Crippen LogP contribution is 2.28. The van der Waals surface area contributed by atoms with Crippen LogP contribution in [0.2, 0.25) is 0 Å². The molecule has 1 aliphatic rings. The van der Waals surface area contributed by atoms with Gasteiger partial charge < -0.3 is 4.74 Å². The van der Waals surface area contributed by atoms with Crippen molar-refractivity contribution in [3.8, 4) is 5.75 Å². The minimum absolute atomic E-state index is 0.0571. The van der Waals surface area contributed by atoms with Crippen LogP contribution < -0.4 is 4.74 Å². The first-order chi connectivity index (χ1) is 16.3. The second-order valence-electron chi connectivity index (χ2n) is 7.26. The van der Waals surface area contributed by atoms with Crippen molar-refractivity contribution < 1.29 is 28.8 Å². The Hall–Kier alpha value is -4.86. The second-order valence-corrected chi connectivity index (χ2v) is 7.26. The maximum Gasteiger partial charge on any atom is 0.282 e. The van der Waals surface area contributed by atoms with Crippen LogP contribution in [0.25, 0.3) is 0 Å².